The maximum absolute atomic E-state index is 5.71. The van der Waals surface area contributed by atoms with E-state index in [1.807, 2.05) is 6.07 Å². The van der Waals surface area contributed by atoms with Crippen LogP contribution in [-0.4, -0.2) is 17.5 Å². The zero-order valence-corrected chi connectivity index (χ0v) is 13.8. The molecule has 3 heteroatoms. The van der Waals surface area contributed by atoms with E-state index in [9.17, 15) is 0 Å². The maximum atomic E-state index is 5.71. The van der Waals surface area contributed by atoms with Gasteiger partial charge in [0.1, 0.15) is 5.75 Å². The minimum absolute atomic E-state index is 0.337. The second-order valence-electron chi connectivity index (χ2n) is 5.17. The van der Waals surface area contributed by atoms with Crippen LogP contribution in [0, 0.1) is 11.8 Å². The van der Waals surface area contributed by atoms with Crippen LogP contribution in [0.1, 0.15) is 63.9 Å². The first-order valence-corrected chi connectivity index (χ1v) is 8.53. The van der Waals surface area contributed by atoms with Crippen molar-refractivity contribution >= 4 is 11.6 Å². The van der Waals surface area contributed by atoms with Crippen molar-refractivity contribution in [2.75, 3.05) is 12.5 Å². The second kappa shape index (κ2) is 12.5. The van der Waals surface area contributed by atoms with Crippen LogP contribution < -0.4 is 4.74 Å². The van der Waals surface area contributed by atoms with Gasteiger partial charge in [-0.05, 0) is 12.5 Å². The van der Waals surface area contributed by atoms with Gasteiger partial charge in [-0.25, -0.2) is 0 Å². The van der Waals surface area contributed by atoms with Crippen LogP contribution in [0.5, 0.6) is 5.75 Å². The Bertz CT molecular complexity index is 436. The summed E-state index contributed by atoms with van der Waals surface area (Å²) < 4.78 is 5.71. The molecule has 0 radical (unpaired) electrons. The van der Waals surface area contributed by atoms with Gasteiger partial charge in [0.15, 0.2) is 0 Å². The highest BCUT2D eigenvalue weighted by Gasteiger charge is 1.97. The van der Waals surface area contributed by atoms with Crippen molar-refractivity contribution in [1.29, 1.82) is 0 Å². The van der Waals surface area contributed by atoms with E-state index in [2.05, 4.69) is 23.7 Å². The molecule has 0 unspecified atom stereocenters. The van der Waals surface area contributed by atoms with E-state index in [0.717, 1.165) is 24.3 Å². The summed E-state index contributed by atoms with van der Waals surface area (Å²) in [6.07, 6.45) is 13.9. The Morgan fingerprint density at radius 3 is 2.48 bits per heavy atom. The Morgan fingerprint density at radius 2 is 1.76 bits per heavy atom. The van der Waals surface area contributed by atoms with Crippen molar-refractivity contribution in [3.05, 3.63) is 24.0 Å². The number of aromatic nitrogens is 1. The Labute approximate surface area is 134 Å². The lowest BCUT2D eigenvalue weighted by atomic mass is 10.1. The fourth-order valence-corrected chi connectivity index (χ4v) is 2.19. The number of hydrogen-bond acceptors (Lipinski definition) is 2. The van der Waals surface area contributed by atoms with Gasteiger partial charge in [0, 0.05) is 11.8 Å². The first-order chi connectivity index (χ1) is 10.4. The molecule has 21 heavy (non-hydrogen) atoms. The van der Waals surface area contributed by atoms with Gasteiger partial charge in [0.2, 0.25) is 0 Å². The SMILES string of the molecule is CCCCCCCCCCOc1cncc(C#CCCl)c1. The van der Waals surface area contributed by atoms with Crippen LogP contribution in [0.25, 0.3) is 0 Å². The summed E-state index contributed by atoms with van der Waals surface area (Å²) in [7, 11) is 0. The average molecular weight is 308 g/mol. The normalized spacial score (nSPS) is 10.0. The first kappa shape index (κ1) is 17.9. The van der Waals surface area contributed by atoms with Crippen molar-refractivity contribution < 1.29 is 4.74 Å². The Balaban J connectivity index is 2.10. The molecule has 0 amide bonds. The summed E-state index contributed by atoms with van der Waals surface area (Å²) in [5, 5.41) is 0. The highest BCUT2D eigenvalue weighted by Crippen LogP contribution is 2.12. The van der Waals surface area contributed by atoms with E-state index in [1.54, 1.807) is 12.4 Å². The fourth-order valence-electron chi connectivity index (χ4n) is 2.13. The molecule has 1 heterocycles. The zero-order valence-electron chi connectivity index (χ0n) is 13.0. The summed E-state index contributed by atoms with van der Waals surface area (Å²) in [5.74, 6) is 6.89. The van der Waals surface area contributed by atoms with Gasteiger partial charge in [-0.3, -0.25) is 4.98 Å². The van der Waals surface area contributed by atoms with Gasteiger partial charge in [0.05, 0.1) is 18.7 Å². The molecule has 0 aromatic carbocycles. The molecule has 1 aromatic rings. The molecule has 0 aliphatic rings. The lowest BCUT2D eigenvalue weighted by Gasteiger charge is -2.06. The Hall–Kier alpha value is -1.20. The van der Waals surface area contributed by atoms with Crippen LogP contribution >= 0.6 is 11.6 Å². The van der Waals surface area contributed by atoms with Crippen LogP contribution in [0.2, 0.25) is 0 Å². The van der Waals surface area contributed by atoms with E-state index in [4.69, 9.17) is 16.3 Å². The molecule has 0 bridgehead atoms. The number of nitrogens with zero attached hydrogens (tertiary/aromatic N) is 1. The standard InChI is InChI=1S/C18H26ClNO/c1-2-3-4-5-6-7-8-9-13-21-18-14-17(11-10-12-19)15-20-16-18/h14-16H,2-9,12-13H2,1H3. The third-order valence-corrected chi connectivity index (χ3v) is 3.41. The van der Waals surface area contributed by atoms with Crippen molar-refractivity contribution in [2.45, 2.75) is 58.3 Å². The van der Waals surface area contributed by atoms with Crippen molar-refractivity contribution in [3.63, 3.8) is 0 Å². The molecule has 1 aromatic heterocycles. The summed E-state index contributed by atoms with van der Waals surface area (Å²) in [6.45, 7) is 3.01. The van der Waals surface area contributed by atoms with E-state index in [1.165, 1.54) is 44.9 Å². The smallest absolute Gasteiger partial charge is 0.138 e. The van der Waals surface area contributed by atoms with E-state index >= 15 is 0 Å². The number of rotatable bonds is 10. The molecule has 0 aliphatic carbocycles. The first-order valence-electron chi connectivity index (χ1n) is 7.99. The van der Waals surface area contributed by atoms with Gasteiger partial charge in [0.25, 0.3) is 0 Å². The number of unbranched alkanes of at least 4 members (excludes halogenated alkanes) is 7. The number of halogens is 1. The summed E-state index contributed by atoms with van der Waals surface area (Å²) in [6, 6.07) is 1.91. The predicted octanol–water partition coefficient (Wildman–Crippen LogP) is 5.19. The quantitative estimate of drug-likeness (QED) is 0.337. The highest BCUT2D eigenvalue weighted by molar-refractivity contribution is 6.19. The average Bonchev–Trinajstić information content (AvgIpc) is 2.52. The predicted molar refractivity (Wildman–Crippen MR) is 89.9 cm³/mol. The molecule has 116 valence electrons. The van der Waals surface area contributed by atoms with Gasteiger partial charge in [-0.15, -0.1) is 11.6 Å². The zero-order chi connectivity index (χ0) is 15.2. The molecule has 0 N–H and O–H groups in total. The van der Waals surface area contributed by atoms with Gasteiger partial charge in [-0.2, -0.15) is 0 Å². The third-order valence-electron chi connectivity index (χ3n) is 3.28. The van der Waals surface area contributed by atoms with Crippen molar-refractivity contribution in [1.82, 2.24) is 4.98 Å². The minimum Gasteiger partial charge on any atom is -0.492 e. The maximum Gasteiger partial charge on any atom is 0.138 e. The van der Waals surface area contributed by atoms with Crippen molar-refractivity contribution in [2.24, 2.45) is 0 Å². The van der Waals surface area contributed by atoms with Crippen LogP contribution in [0.4, 0.5) is 0 Å². The minimum atomic E-state index is 0.337. The largest absolute Gasteiger partial charge is 0.492 e. The number of pyridine rings is 1. The molecular weight excluding hydrogens is 282 g/mol. The molecule has 0 fully saturated rings. The number of alkyl halides is 1. The third kappa shape index (κ3) is 9.37. The van der Waals surface area contributed by atoms with E-state index in [-0.39, 0.29) is 0 Å². The van der Waals surface area contributed by atoms with E-state index in [0.29, 0.717) is 5.88 Å². The molecule has 0 spiro atoms. The number of hydrogen-bond donors (Lipinski definition) is 0. The van der Waals surface area contributed by atoms with Gasteiger partial charge >= 0.3 is 0 Å². The molecule has 0 atom stereocenters. The van der Waals surface area contributed by atoms with Gasteiger partial charge < -0.3 is 4.74 Å². The topological polar surface area (TPSA) is 22.1 Å². The summed E-state index contributed by atoms with van der Waals surface area (Å²) in [4.78, 5) is 4.12. The second-order valence-corrected chi connectivity index (χ2v) is 5.44. The lowest BCUT2D eigenvalue weighted by Crippen LogP contribution is -1.98. The Kier molecular flexibility index (Phi) is 10.7. The van der Waals surface area contributed by atoms with E-state index < -0.39 is 0 Å². The lowest BCUT2D eigenvalue weighted by molar-refractivity contribution is 0.303. The monoisotopic (exact) mass is 307 g/mol. The highest BCUT2D eigenvalue weighted by atomic mass is 35.5. The van der Waals surface area contributed by atoms with Crippen LogP contribution in [-0.2, 0) is 0 Å². The van der Waals surface area contributed by atoms with Gasteiger partial charge in [-0.1, -0.05) is 63.7 Å². The van der Waals surface area contributed by atoms with Crippen LogP contribution in [0.3, 0.4) is 0 Å². The molecule has 0 aliphatic heterocycles. The van der Waals surface area contributed by atoms with Crippen LogP contribution in [0.15, 0.2) is 18.5 Å². The summed E-state index contributed by atoms with van der Waals surface area (Å²) in [5.41, 5.74) is 0.851. The summed E-state index contributed by atoms with van der Waals surface area (Å²) >= 11 is 5.54. The molecule has 0 saturated carbocycles. The molecular formula is C18H26ClNO. The number of ether oxygens (including phenoxy) is 1. The molecule has 1 rings (SSSR count). The fraction of sp³-hybridized carbons (Fsp3) is 0.611. The van der Waals surface area contributed by atoms with Crippen molar-refractivity contribution in [3.8, 4) is 17.6 Å². The Morgan fingerprint density at radius 1 is 1.05 bits per heavy atom. The molecule has 0 saturated heterocycles. The molecule has 2 nitrogen and oxygen atoms in total.